The number of alkyl halides is 1. The van der Waals surface area contributed by atoms with Crippen LogP contribution < -0.4 is 5.32 Å². The lowest BCUT2D eigenvalue weighted by Gasteiger charge is -2.18. The van der Waals surface area contributed by atoms with Crippen molar-refractivity contribution in [2.75, 3.05) is 5.32 Å². The van der Waals surface area contributed by atoms with Crippen LogP contribution in [0.25, 0.3) is 0 Å². The van der Waals surface area contributed by atoms with Gasteiger partial charge in [0, 0.05) is 11.8 Å². The van der Waals surface area contributed by atoms with E-state index in [0.29, 0.717) is 5.92 Å². The molecule has 0 bridgehead atoms. The topological polar surface area (TPSA) is 37.8 Å². The number of halogens is 1. The largest absolute Gasteiger partial charge is 0.362 e. The molecule has 0 spiro atoms. The summed E-state index contributed by atoms with van der Waals surface area (Å²) in [7, 11) is 0. The minimum absolute atomic E-state index is 0.0601. The molecule has 2 aromatic rings. The second kappa shape index (κ2) is 5.41. The average Bonchev–Trinajstić information content (AvgIpc) is 2.76. The van der Waals surface area contributed by atoms with Crippen LogP contribution in [0.5, 0.6) is 0 Å². The van der Waals surface area contributed by atoms with E-state index in [4.69, 9.17) is 11.6 Å². The van der Waals surface area contributed by atoms with Gasteiger partial charge in [0.05, 0.1) is 11.4 Å². The lowest BCUT2D eigenvalue weighted by Crippen LogP contribution is -2.17. The van der Waals surface area contributed by atoms with Crippen LogP contribution >= 0.6 is 11.6 Å². The number of benzene rings is 1. The zero-order valence-corrected chi connectivity index (χ0v) is 12.4. The molecule has 104 valence electrons. The van der Waals surface area contributed by atoms with Gasteiger partial charge in [-0.1, -0.05) is 38.1 Å². The first-order valence-corrected chi connectivity index (χ1v) is 7.39. The van der Waals surface area contributed by atoms with E-state index in [9.17, 15) is 0 Å². The van der Waals surface area contributed by atoms with E-state index in [1.807, 2.05) is 6.07 Å². The third-order valence-electron chi connectivity index (χ3n) is 3.75. The summed E-state index contributed by atoms with van der Waals surface area (Å²) in [4.78, 5) is 8.60. The van der Waals surface area contributed by atoms with Gasteiger partial charge in [0.25, 0.3) is 0 Å². The maximum Gasteiger partial charge on any atom is 0.130 e. The Balaban J connectivity index is 1.86. The van der Waals surface area contributed by atoms with Crippen LogP contribution in [0, 0.1) is 0 Å². The number of nitrogens with one attached hydrogen (secondary N) is 1. The van der Waals surface area contributed by atoms with Crippen LogP contribution in [-0.2, 0) is 6.42 Å². The van der Waals surface area contributed by atoms with Gasteiger partial charge in [-0.15, -0.1) is 11.6 Å². The van der Waals surface area contributed by atoms with E-state index in [1.165, 1.54) is 11.1 Å². The summed E-state index contributed by atoms with van der Waals surface area (Å²) in [6, 6.07) is 10.5. The van der Waals surface area contributed by atoms with Gasteiger partial charge in [-0.05, 0) is 23.5 Å². The molecule has 4 heteroatoms. The Hall–Kier alpha value is -1.61. The van der Waals surface area contributed by atoms with Gasteiger partial charge in [0.15, 0.2) is 0 Å². The number of nitrogens with zero attached hydrogens (tertiary/aromatic N) is 2. The molecule has 1 N–H and O–H groups in total. The average molecular weight is 288 g/mol. The first-order valence-electron chi connectivity index (χ1n) is 6.95. The van der Waals surface area contributed by atoms with Crippen LogP contribution in [0.15, 0.2) is 36.7 Å². The minimum Gasteiger partial charge on any atom is -0.362 e. The Morgan fingerprint density at radius 2 is 2.05 bits per heavy atom. The summed E-state index contributed by atoms with van der Waals surface area (Å²) in [5, 5.41) is 3.52. The van der Waals surface area contributed by atoms with Crippen LogP contribution in [0.1, 0.15) is 42.6 Å². The molecule has 1 heterocycles. The van der Waals surface area contributed by atoms with Crippen molar-refractivity contribution in [3.05, 3.63) is 53.5 Å². The van der Waals surface area contributed by atoms with Crippen molar-refractivity contribution in [3.8, 4) is 0 Å². The van der Waals surface area contributed by atoms with E-state index < -0.39 is 0 Å². The third-order valence-corrected chi connectivity index (χ3v) is 4.16. The highest BCUT2D eigenvalue weighted by Crippen LogP contribution is 2.36. The fourth-order valence-electron chi connectivity index (χ4n) is 2.64. The Bertz CT molecular complexity index is 612. The quantitative estimate of drug-likeness (QED) is 0.870. The molecule has 0 saturated heterocycles. The van der Waals surface area contributed by atoms with Crippen molar-refractivity contribution in [1.82, 2.24) is 9.97 Å². The van der Waals surface area contributed by atoms with Gasteiger partial charge >= 0.3 is 0 Å². The summed E-state index contributed by atoms with van der Waals surface area (Å²) in [5.74, 6) is 1.23. The first kappa shape index (κ1) is 13.4. The Morgan fingerprint density at radius 1 is 1.25 bits per heavy atom. The van der Waals surface area contributed by atoms with Crippen molar-refractivity contribution in [2.45, 2.75) is 37.6 Å². The van der Waals surface area contributed by atoms with Crippen LogP contribution in [0.4, 0.5) is 5.82 Å². The highest BCUT2D eigenvalue weighted by molar-refractivity contribution is 6.21. The number of hydrogen-bond acceptors (Lipinski definition) is 3. The molecule has 2 atom stereocenters. The predicted molar refractivity (Wildman–Crippen MR) is 82.3 cm³/mol. The second-order valence-corrected chi connectivity index (χ2v) is 6.08. The number of fused-ring (bicyclic) bond motifs is 1. The molecule has 20 heavy (non-hydrogen) atoms. The molecular weight excluding hydrogens is 270 g/mol. The SMILES string of the molecule is CC(C)c1cc(NC2c3ccccc3CC2Cl)ncn1. The maximum absolute atomic E-state index is 6.49. The lowest BCUT2D eigenvalue weighted by atomic mass is 10.1. The number of hydrogen-bond donors (Lipinski definition) is 1. The van der Waals surface area contributed by atoms with Crippen molar-refractivity contribution in [1.29, 1.82) is 0 Å². The summed E-state index contributed by atoms with van der Waals surface area (Å²) in [6.45, 7) is 4.25. The smallest absolute Gasteiger partial charge is 0.130 e. The molecule has 1 aliphatic rings. The zero-order valence-electron chi connectivity index (χ0n) is 11.7. The lowest BCUT2D eigenvalue weighted by molar-refractivity contribution is 0.760. The van der Waals surface area contributed by atoms with Crippen LogP contribution in [-0.4, -0.2) is 15.3 Å². The van der Waals surface area contributed by atoms with Crippen molar-refractivity contribution >= 4 is 17.4 Å². The van der Waals surface area contributed by atoms with Crippen molar-refractivity contribution in [2.24, 2.45) is 0 Å². The summed E-state index contributed by atoms with van der Waals surface area (Å²) >= 11 is 6.49. The standard InChI is InChI=1S/C16H18ClN3/c1-10(2)14-8-15(19-9-18-14)20-16-12-6-4-3-5-11(12)7-13(16)17/h3-6,8-10,13,16H,7H2,1-2H3,(H,18,19,20). The van der Waals surface area contributed by atoms with Gasteiger partial charge in [-0.25, -0.2) is 9.97 Å². The molecular formula is C16H18ClN3. The van der Waals surface area contributed by atoms with E-state index >= 15 is 0 Å². The first-order chi connectivity index (χ1) is 9.65. The zero-order chi connectivity index (χ0) is 14.1. The summed E-state index contributed by atoms with van der Waals surface area (Å²) < 4.78 is 0. The molecule has 3 nitrogen and oxygen atoms in total. The number of rotatable bonds is 3. The number of aromatic nitrogens is 2. The van der Waals surface area contributed by atoms with Crippen molar-refractivity contribution in [3.63, 3.8) is 0 Å². The molecule has 0 radical (unpaired) electrons. The molecule has 0 aliphatic heterocycles. The molecule has 1 aromatic carbocycles. The Morgan fingerprint density at radius 3 is 2.85 bits per heavy atom. The molecule has 1 aliphatic carbocycles. The molecule has 2 unspecified atom stereocenters. The fraction of sp³-hybridized carbons (Fsp3) is 0.375. The van der Waals surface area contributed by atoms with E-state index in [0.717, 1.165) is 17.9 Å². The van der Waals surface area contributed by atoms with Crippen LogP contribution in [0.3, 0.4) is 0 Å². The molecule has 1 aromatic heterocycles. The third kappa shape index (κ3) is 2.50. The Labute approximate surface area is 124 Å². The molecule has 0 amide bonds. The van der Waals surface area contributed by atoms with E-state index in [1.54, 1.807) is 6.33 Å². The molecule has 0 fully saturated rings. The fourth-order valence-corrected chi connectivity index (χ4v) is 3.01. The highest BCUT2D eigenvalue weighted by atomic mass is 35.5. The summed E-state index contributed by atoms with van der Waals surface area (Å²) in [5.41, 5.74) is 3.64. The second-order valence-electron chi connectivity index (χ2n) is 5.52. The maximum atomic E-state index is 6.49. The van der Waals surface area contributed by atoms with Gasteiger partial charge in [0.2, 0.25) is 0 Å². The molecule has 3 rings (SSSR count). The summed E-state index contributed by atoms with van der Waals surface area (Å²) in [6.07, 6.45) is 2.51. The highest BCUT2D eigenvalue weighted by Gasteiger charge is 2.30. The van der Waals surface area contributed by atoms with E-state index in [2.05, 4.69) is 53.4 Å². The Kier molecular flexibility index (Phi) is 3.62. The number of anilines is 1. The van der Waals surface area contributed by atoms with Crippen LogP contribution in [0.2, 0.25) is 0 Å². The van der Waals surface area contributed by atoms with Crippen molar-refractivity contribution < 1.29 is 0 Å². The van der Waals surface area contributed by atoms with Gasteiger partial charge < -0.3 is 5.32 Å². The predicted octanol–water partition coefficient (Wildman–Crippen LogP) is 3.92. The normalized spacial score (nSPS) is 21.0. The van der Waals surface area contributed by atoms with Gasteiger partial charge in [-0.3, -0.25) is 0 Å². The minimum atomic E-state index is 0.0601. The molecule has 0 saturated carbocycles. The van der Waals surface area contributed by atoms with E-state index in [-0.39, 0.29) is 11.4 Å². The van der Waals surface area contributed by atoms with Gasteiger partial charge in [0.1, 0.15) is 12.1 Å². The monoisotopic (exact) mass is 287 g/mol. The van der Waals surface area contributed by atoms with Gasteiger partial charge in [-0.2, -0.15) is 0 Å².